The molecule has 0 aliphatic carbocycles. The van der Waals surface area contributed by atoms with E-state index < -0.39 is 0 Å². The zero-order chi connectivity index (χ0) is 12.8. The number of carbonyl (C=O) groups excluding carboxylic acids is 1. The van der Waals surface area contributed by atoms with Gasteiger partial charge in [-0.15, -0.1) is 0 Å². The number of carbonyl (C=O) groups is 1. The summed E-state index contributed by atoms with van der Waals surface area (Å²) in [6.07, 6.45) is 0.986. The van der Waals surface area contributed by atoms with Crippen molar-refractivity contribution in [1.82, 2.24) is 5.32 Å². The number of aliphatic hydroxyl groups is 1. The molecule has 0 saturated heterocycles. The van der Waals surface area contributed by atoms with E-state index in [0.29, 0.717) is 6.54 Å². The molecule has 0 fully saturated rings. The maximum absolute atomic E-state index is 11.2. The Morgan fingerprint density at radius 3 is 2.67 bits per heavy atom. The van der Waals surface area contributed by atoms with Gasteiger partial charge in [0.1, 0.15) is 0 Å². The lowest BCUT2D eigenvalue weighted by atomic mass is 10.1. The molecule has 0 radical (unpaired) electrons. The molecule has 2 rings (SSSR count). The molecule has 0 spiro atoms. The average molecular weight is 243 g/mol. The van der Waals surface area contributed by atoms with E-state index in [4.69, 9.17) is 5.11 Å². The summed E-state index contributed by atoms with van der Waals surface area (Å²) >= 11 is 0. The summed E-state index contributed by atoms with van der Waals surface area (Å²) in [5.74, 6) is -0.0988. The van der Waals surface area contributed by atoms with Gasteiger partial charge in [0.25, 0.3) is 0 Å². The molecule has 0 aromatic heterocycles. The predicted octanol–water partition coefficient (Wildman–Crippen LogP) is 1.88. The van der Waals surface area contributed by atoms with Crippen LogP contribution >= 0.6 is 0 Å². The Morgan fingerprint density at radius 1 is 1.11 bits per heavy atom. The van der Waals surface area contributed by atoms with Crippen molar-refractivity contribution in [2.75, 3.05) is 13.2 Å². The van der Waals surface area contributed by atoms with E-state index in [-0.39, 0.29) is 18.9 Å². The summed E-state index contributed by atoms with van der Waals surface area (Å²) in [6, 6.07) is 14.5. The summed E-state index contributed by atoms with van der Waals surface area (Å²) in [6.45, 7) is 0.513. The second kappa shape index (κ2) is 6.17. The molecule has 0 aliphatic rings. The van der Waals surface area contributed by atoms with Crippen LogP contribution in [0.25, 0.3) is 10.8 Å². The zero-order valence-electron chi connectivity index (χ0n) is 10.2. The quantitative estimate of drug-likeness (QED) is 0.842. The highest BCUT2D eigenvalue weighted by Crippen LogP contribution is 2.15. The SMILES string of the molecule is O=C(CCO)NCCc1ccc2ccccc2c1. The van der Waals surface area contributed by atoms with Gasteiger partial charge in [0.2, 0.25) is 5.91 Å². The molecule has 18 heavy (non-hydrogen) atoms. The molecule has 0 saturated carbocycles. The third-order valence-corrected chi connectivity index (χ3v) is 2.89. The van der Waals surface area contributed by atoms with Crippen LogP contribution in [-0.4, -0.2) is 24.2 Å². The van der Waals surface area contributed by atoms with Gasteiger partial charge in [-0.2, -0.15) is 0 Å². The van der Waals surface area contributed by atoms with Crippen LogP contribution in [0.5, 0.6) is 0 Å². The second-order valence-corrected chi connectivity index (χ2v) is 4.26. The zero-order valence-corrected chi connectivity index (χ0v) is 10.2. The minimum atomic E-state index is -0.0988. The Morgan fingerprint density at radius 2 is 1.89 bits per heavy atom. The fourth-order valence-electron chi connectivity index (χ4n) is 1.93. The first-order valence-corrected chi connectivity index (χ1v) is 6.15. The molecular weight excluding hydrogens is 226 g/mol. The highest BCUT2D eigenvalue weighted by molar-refractivity contribution is 5.83. The first-order chi connectivity index (χ1) is 8.79. The molecule has 3 nitrogen and oxygen atoms in total. The van der Waals surface area contributed by atoms with Gasteiger partial charge < -0.3 is 10.4 Å². The molecule has 2 aromatic carbocycles. The van der Waals surface area contributed by atoms with E-state index in [2.05, 4.69) is 35.6 Å². The van der Waals surface area contributed by atoms with Crippen molar-refractivity contribution < 1.29 is 9.90 Å². The molecule has 2 N–H and O–H groups in total. The molecule has 0 atom stereocenters. The van der Waals surface area contributed by atoms with Crippen molar-refractivity contribution in [3.05, 3.63) is 48.0 Å². The molecule has 1 amide bonds. The maximum atomic E-state index is 11.2. The number of hydrogen-bond acceptors (Lipinski definition) is 2. The molecule has 0 bridgehead atoms. The lowest BCUT2D eigenvalue weighted by molar-refractivity contribution is -0.121. The molecule has 3 heteroatoms. The normalized spacial score (nSPS) is 10.5. The van der Waals surface area contributed by atoms with Gasteiger partial charge in [-0.05, 0) is 22.8 Å². The number of rotatable bonds is 5. The van der Waals surface area contributed by atoms with Gasteiger partial charge in [0.15, 0.2) is 0 Å². The summed E-state index contributed by atoms with van der Waals surface area (Å²) < 4.78 is 0. The van der Waals surface area contributed by atoms with Crippen LogP contribution in [0.3, 0.4) is 0 Å². The Balaban J connectivity index is 1.93. The van der Waals surface area contributed by atoms with E-state index in [1.165, 1.54) is 16.3 Å². The number of benzene rings is 2. The first kappa shape index (κ1) is 12.6. The van der Waals surface area contributed by atoms with E-state index in [9.17, 15) is 4.79 Å². The van der Waals surface area contributed by atoms with Gasteiger partial charge in [-0.1, -0.05) is 42.5 Å². The van der Waals surface area contributed by atoms with Gasteiger partial charge in [-0.25, -0.2) is 0 Å². The summed E-state index contributed by atoms with van der Waals surface area (Å²) in [7, 11) is 0. The Hall–Kier alpha value is -1.87. The maximum Gasteiger partial charge on any atom is 0.222 e. The van der Waals surface area contributed by atoms with Gasteiger partial charge in [0, 0.05) is 13.0 Å². The van der Waals surface area contributed by atoms with Crippen LogP contribution in [0.1, 0.15) is 12.0 Å². The van der Waals surface area contributed by atoms with Crippen molar-refractivity contribution >= 4 is 16.7 Å². The smallest absolute Gasteiger partial charge is 0.222 e. The number of nitrogens with one attached hydrogen (secondary N) is 1. The fourth-order valence-corrected chi connectivity index (χ4v) is 1.93. The largest absolute Gasteiger partial charge is 0.396 e. The topological polar surface area (TPSA) is 49.3 Å². The van der Waals surface area contributed by atoms with Crippen LogP contribution in [0.2, 0.25) is 0 Å². The van der Waals surface area contributed by atoms with Crippen LogP contribution in [0.4, 0.5) is 0 Å². The van der Waals surface area contributed by atoms with Crippen molar-refractivity contribution in [3.8, 4) is 0 Å². The molecule has 0 aliphatic heterocycles. The molecule has 0 unspecified atom stereocenters. The van der Waals surface area contributed by atoms with Crippen molar-refractivity contribution in [2.45, 2.75) is 12.8 Å². The van der Waals surface area contributed by atoms with Crippen LogP contribution < -0.4 is 5.32 Å². The Labute approximate surface area is 106 Å². The highest BCUT2D eigenvalue weighted by atomic mass is 16.3. The molecular formula is C15H17NO2. The minimum Gasteiger partial charge on any atom is -0.396 e. The van der Waals surface area contributed by atoms with E-state index >= 15 is 0 Å². The number of aliphatic hydroxyl groups excluding tert-OH is 1. The Bertz CT molecular complexity index is 537. The summed E-state index contributed by atoms with van der Waals surface area (Å²) in [5.41, 5.74) is 1.21. The highest BCUT2D eigenvalue weighted by Gasteiger charge is 2.00. The van der Waals surface area contributed by atoms with E-state index in [1.807, 2.05) is 12.1 Å². The standard InChI is InChI=1S/C15H17NO2/c17-10-8-15(18)16-9-7-12-5-6-13-3-1-2-4-14(13)11-12/h1-6,11,17H,7-10H2,(H,16,18). The lowest BCUT2D eigenvalue weighted by Gasteiger charge is -2.05. The Kier molecular flexibility index (Phi) is 4.31. The molecule has 94 valence electrons. The summed E-state index contributed by atoms with van der Waals surface area (Å²) in [4.78, 5) is 11.2. The van der Waals surface area contributed by atoms with Gasteiger partial charge in [0.05, 0.1) is 6.61 Å². The number of fused-ring (bicyclic) bond motifs is 1. The first-order valence-electron chi connectivity index (χ1n) is 6.15. The van der Waals surface area contributed by atoms with Crippen molar-refractivity contribution in [3.63, 3.8) is 0 Å². The van der Waals surface area contributed by atoms with Crippen LogP contribution in [0.15, 0.2) is 42.5 Å². The minimum absolute atomic E-state index is 0.0954. The average Bonchev–Trinajstić information content (AvgIpc) is 2.39. The van der Waals surface area contributed by atoms with Crippen LogP contribution in [-0.2, 0) is 11.2 Å². The molecule has 0 heterocycles. The fraction of sp³-hybridized carbons (Fsp3) is 0.267. The van der Waals surface area contributed by atoms with Crippen molar-refractivity contribution in [2.24, 2.45) is 0 Å². The van der Waals surface area contributed by atoms with Crippen LogP contribution in [0, 0.1) is 0 Å². The second-order valence-electron chi connectivity index (χ2n) is 4.26. The summed E-state index contributed by atoms with van der Waals surface area (Å²) in [5, 5.41) is 13.8. The monoisotopic (exact) mass is 243 g/mol. The molecule has 2 aromatic rings. The third kappa shape index (κ3) is 3.31. The van der Waals surface area contributed by atoms with E-state index in [0.717, 1.165) is 6.42 Å². The third-order valence-electron chi connectivity index (χ3n) is 2.89. The van der Waals surface area contributed by atoms with Crippen molar-refractivity contribution in [1.29, 1.82) is 0 Å². The van der Waals surface area contributed by atoms with Gasteiger partial charge in [-0.3, -0.25) is 4.79 Å². The lowest BCUT2D eigenvalue weighted by Crippen LogP contribution is -2.26. The predicted molar refractivity (Wildman–Crippen MR) is 72.4 cm³/mol. The van der Waals surface area contributed by atoms with Gasteiger partial charge >= 0.3 is 0 Å². The number of hydrogen-bond donors (Lipinski definition) is 2. The number of amides is 1. The van der Waals surface area contributed by atoms with E-state index in [1.54, 1.807) is 0 Å².